The maximum atomic E-state index is 6.47. The molecule has 0 aliphatic carbocycles. The highest BCUT2D eigenvalue weighted by atomic mass is 35.5. The van der Waals surface area contributed by atoms with Gasteiger partial charge >= 0.3 is 0 Å². The summed E-state index contributed by atoms with van der Waals surface area (Å²) in [7, 11) is 0. The average Bonchev–Trinajstić information content (AvgIpc) is 2.63. The van der Waals surface area contributed by atoms with Crippen LogP contribution in [0.2, 0.25) is 5.02 Å². The van der Waals surface area contributed by atoms with Crippen LogP contribution in [0.3, 0.4) is 0 Å². The lowest BCUT2D eigenvalue weighted by Gasteiger charge is -2.15. The number of ether oxygens (including phenoxy) is 2. The van der Waals surface area contributed by atoms with E-state index in [0.717, 1.165) is 60.8 Å². The van der Waals surface area contributed by atoms with Crippen LogP contribution in [-0.4, -0.2) is 18.6 Å². The molecule has 4 heteroatoms. The number of unbranched alkanes of at least 4 members (excludes halogenated alkanes) is 2. The second kappa shape index (κ2) is 10.8. The predicted octanol–water partition coefficient (Wildman–Crippen LogP) is 7.24. The molecule has 2 aromatic carbocycles. The quantitative estimate of drug-likeness (QED) is 0.301. The summed E-state index contributed by atoms with van der Waals surface area (Å²) < 4.78 is 11.9. The fourth-order valence-corrected chi connectivity index (χ4v) is 3.13. The van der Waals surface area contributed by atoms with Crippen LogP contribution in [0.1, 0.15) is 52.4 Å². The van der Waals surface area contributed by atoms with E-state index < -0.39 is 0 Å². The predicted molar refractivity (Wildman–Crippen MR) is 109 cm³/mol. The van der Waals surface area contributed by atoms with Crippen LogP contribution in [-0.2, 0) is 0 Å². The normalized spacial score (nSPS) is 12.3. The molecule has 1 unspecified atom stereocenters. The smallest absolute Gasteiger partial charge is 0.145 e. The van der Waals surface area contributed by atoms with Gasteiger partial charge in [0.1, 0.15) is 11.5 Å². The van der Waals surface area contributed by atoms with Crippen LogP contribution in [0.15, 0.2) is 30.3 Å². The first-order valence-electron chi connectivity index (χ1n) is 9.28. The molecule has 138 valence electrons. The molecule has 0 fully saturated rings. The summed E-state index contributed by atoms with van der Waals surface area (Å²) in [6.45, 7) is 5.61. The van der Waals surface area contributed by atoms with Crippen LogP contribution in [0, 0.1) is 0 Å². The highest BCUT2D eigenvalue weighted by Gasteiger charge is 2.13. The molecule has 25 heavy (non-hydrogen) atoms. The monoisotopic (exact) mass is 382 g/mol. The Morgan fingerprint density at radius 3 is 2.40 bits per heavy atom. The Balaban J connectivity index is 2.06. The number of alkyl halides is 1. The summed E-state index contributed by atoms with van der Waals surface area (Å²) in [5.41, 5.74) is 0. The fraction of sp³-hybridized carbons (Fsp3) is 0.524. The van der Waals surface area contributed by atoms with Crippen molar-refractivity contribution < 1.29 is 9.47 Å². The molecule has 2 aromatic rings. The van der Waals surface area contributed by atoms with Crippen LogP contribution in [0.4, 0.5) is 0 Å². The van der Waals surface area contributed by atoms with Gasteiger partial charge in [0.05, 0.1) is 18.2 Å². The molecule has 0 amide bonds. The number of rotatable bonds is 11. The highest BCUT2D eigenvalue weighted by Crippen LogP contribution is 2.39. The molecule has 0 spiro atoms. The third kappa shape index (κ3) is 5.97. The van der Waals surface area contributed by atoms with Crippen LogP contribution >= 0.6 is 23.2 Å². The van der Waals surface area contributed by atoms with Crippen molar-refractivity contribution in [2.75, 3.05) is 13.2 Å². The van der Waals surface area contributed by atoms with Crippen molar-refractivity contribution in [3.63, 3.8) is 0 Å². The van der Waals surface area contributed by atoms with Gasteiger partial charge in [0, 0.05) is 22.2 Å². The lowest BCUT2D eigenvalue weighted by atomic mass is 10.1. The van der Waals surface area contributed by atoms with Crippen molar-refractivity contribution in [1.29, 1.82) is 0 Å². The van der Waals surface area contributed by atoms with Gasteiger partial charge in [-0.2, -0.15) is 0 Å². The van der Waals surface area contributed by atoms with E-state index in [1.165, 1.54) is 0 Å². The maximum absolute atomic E-state index is 6.47. The molecular weight excluding hydrogens is 355 g/mol. The van der Waals surface area contributed by atoms with Gasteiger partial charge in [0.25, 0.3) is 0 Å². The van der Waals surface area contributed by atoms with Crippen LogP contribution in [0.5, 0.6) is 11.5 Å². The van der Waals surface area contributed by atoms with Gasteiger partial charge in [-0.25, -0.2) is 0 Å². The fourth-order valence-electron chi connectivity index (χ4n) is 2.72. The summed E-state index contributed by atoms with van der Waals surface area (Å²) in [6, 6.07) is 9.98. The first-order valence-corrected chi connectivity index (χ1v) is 10.1. The van der Waals surface area contributed by atoms with Gasteiger partial charge in [0.2, 0.25) is 0 Å². The highest BCUT2D eigenvalue weighted by molar-refractivity contribution is 6.33. The molecule has 0 N–H and O–H groups in total. The number of halogens is 2. The van der Waals surface area contributed by atoms with E-state index in [1.807, 2.05) is 24.3 Å². The lowest BCUT2D eigenvalue weighted by Crippen LogP contribution is -2.02. The Morgan fingerprint density at radius 2 is 1.68 bits per heavy atom. The van der Waals surface area contributed by atoms with E-state index in [4.69, 9.17) is 32.7 Å². The van der Waals surface area contributed by atoms with Crippen LogP contribution < -0.4 is 9.47 Å². The molecule has 0 heterocycles. The van der Waals surface area contributed by atoms with Gasteiger partial charge in [-0.3, -0.25) is 0 Å². The van der Waals surface area contributed by atoms with Gasteiger partial charge in [-0.05, 0) is 32.1 Å². The Bertz CT molecular complexity index is 658. The summed E-state index contributed by atoms with van der Waals surface area (Å²) >= 11 is 12.6. The first-order chi connectivity index (χ1) is 12.2. The van der Waals surface area contributed by atoms with Crippen molar-refractivity contribution in [1.82, 2.24) is 0 Å². The zero-order chi connectivity index (χ0) is 18.1. The molecule has 0 radical (unpaired) electrons. The molecule has 0 aliphatic heterocycles. The van der Waals surface area contributed by atoms with Crippen molar-refractivity contribution in [3.8, 4) is 11.5 Å². The SMILES string of the molecule is CCCCOc1c(Cl)cc(OCCCCC(Cl)CC)c2ccccc12. The van der Waals surface area contributed by atoms with Gasteiger partial charge in [-0.1, -0.05) is 56.1 Å². The van der Waals surface area contributed by atoms with E-state index in [-0.39, 0.29) is 5.38 Å². The number of hydrogen-bond acceptors (Lipinski definition) is 2. The molecule has 0 saturated heterocycles. The Hall–Kier alpha value is -1.12. The molecular formula is C21H28Cl2O2. The number of benzene rings is 2. The van der Waals surface area contributed by atoms with Crippen molar-refractivity contribution in [3.05, 3.63) is 35.4 Å². The number of hydrogen-bond donors (Lipinski definition) is 0. The van der Waals surface area contributed by atoms with Gasteiger partial charge in [-0.15, -0.1) is 11.6 Å². The standard InChI is InChI=1S/C21H28Cl2O2/c1-3-5-13-25-21-18-12-7-6-11-17(18)20(15-19(21)23)24-14-9-8-10-16(22)4-2/h6-7,11-12,15-16H,3-5,8-10,13-14H2,1-2H3. The minimum atomic E-state index is 0.273. The zero-order valence-corrected chi connectivity index (χ0v) is 16.7. The molecule has 0 saturated carbocycles. The second-order valence-electron chi connectivity index (χ2n) is 6.28. The van der Waals surface area contributed by atoms with Crippen molar-refractivity contribution >= 4 is 34.0 Å². The molecule has 0 aliphatic rings. The van der Waals surface area contributed by atoms with Gasteiger partial charge in [0.15, 0.2) is 0 Å². The van der Waals surface area contributed by atoms with Gasteiger partial charge < -0.3 is 9.47 Å². The minimum absolute atomic E-state index is 0.273. The average molecular weight is 383 g/mol. The number of fused-ring (bicyclic) bond motifs is 1. The van der Waals surface area contributed by atoms with Crippen LogP contribution in [0.25, 0.3) is 10.8 Å². The Labute approximate surface area is 161 Å². The molecule has 2 nitrogen and oxygen atoms in total. The Morgan fingerprint density at radius 1 is 0.960 bits per heavy atom. The Kier molecular flexibility index (Phi) is 8.71. The third-order valence-electron chi connectivity index (χ3n) is 4.27. The topological polar surface area (TPSA) is 18.5 Å². The molecule has 0 aromatic heterocycles. The lowest BCUT2D eigenvalue weighted by molar-refractivity contribution is 0.303. The molecule has 1 atom stereocenters. The zero-order valence-electron chi connectivity index (χ0n) is 15.2. The minimum Gasteiger partial charge on any atom is -0.493 e. The molecule has 0 bridgehead atoms. The first kappa shape index (κ1) is 20.2. The van der Waals surface area contributed by atoms with E-state index in [1.54, 1.807) is 0 Å². The largest absolute Gasteiger partial charge is 0.493 e. The summed E-state index contributed by atoms with van der Waals surface area (Å²) in [5.74, 6) is 1.58. The third-order valence-corrected chi connectivity index (χ3v) is 5.08. The van der Waals surface area contributed by atoms with Crippen molar-refractivity contribution in [2.24, 2.45) is 0 Å². The van der Waals surface area contributed by atoms with Crippen molar-refractivity contribution in [2.45, 2.75) is 57.7 Å². The van der Waals surface area contributed by atoms with E-state index in [0.29, 0.717) is 18.2 Å². The van der Waals surface area contributed by atoms with E-state index in [9.17, 15) is 0 Å². The summed E-state index contributed by atoms with van der Waals surface area (Å²) in [6.07, 6.45) is 6.23. The molecule has 2 rings (SSSR count). The van der Waals surface area contributed by atoms with E-state index >= 15 is 0 Å². The summed E-state index contributed by atoms with van der Waals surface area (Å²) in [4.78, 5) is 0. The summed E-state index contributed by atoms with van der Waals surface area (Å²) in [5, 5.41) is 2.93. The van der Waals surface area contributed by atoms with E-state index in [2.05, 4.69) is 19.9 Å². The second-order valence-corrected chi connectivity index (χ2v) is 7.31. The maximum Gasteiger partial charge on any atom is 0.145 e.